The van der Waals surface area contributed by atoms with E-state index in [0.717, 1.165) is 0 Å². The minimum atomic E-state index is -0.193. The molecule has 1 heterocycles. The molecule has 1 aromatic heterocycles. The first kappa shape index (κ1) is 13.2. The molecule has 21 heavy (non-hydrogen) atoms. The van der Waals surface area contributed by atoms with Gasteiger partial charge in [0.25, 0.3) is 0 Å². The Morgan fingerprint density at radius 3 is 2.29 bits per heavy atom. The van der Waals surface area contributed by atoms with Gasteiger partial charge in [-0.3, -0.25) is 14.4 Å². The quantitative estimate of drug-likeness (QED) is 0.794. The summed E-state index contributed by atoms with van der Waals surface area (Å²) in [5.74, 6) is -0.466. The number of carbonyl (C=O) groups is 3. The lowest BCUT2D eigenvalue weighted by atomic mass is 9.88. The van der Waals surface area contributed by atoms with Crippen molar-refractivity contribution in [2.45, 2.75) is 6.92 Å². The van der Waals surface area contributed by atoms with Crippen LogP contribution in [0.25, 0.3) is 5.57 Å². The molecule has 0 fully saturated rings. The molecule has 0 aliphatic heterocycles. The van der Waals surface area contributed by atoms with Gasteiger partial charge in [-0.25, -0.2) is 0 Å². The molecule has 0 amide bonds. The van der Waals surface area contributed by atoms with Crippen LogP contribution >= 0.6 is 0 Å². The largest absolute Gasteiger partial charge is 0.341 e. The number of allylic oxidation sites excluding steroid dienone is 2. The summed E-state index contributed by atoms with van der Waals surface area (Å²) in [6.45, 7) is 1.47. The van der Waals surface area contributed by atoms with E-state index in [0.29, 0.717) is 28.1 Å². The fraction of sp³-hybridized carbons (Fsp3) is 0.118. The van der Waals surface area contributed by atoms with Crippen molar-refractivity contribution in [1.29, 1.82) is 0 Å². The maximum absolute atomic E-state index is 12.6. The first-order chi connectivity index (χ1) is 10.0. The van der Waals surface area contributed by atoms with E-state index in [9.17, 15) is 14.4 Å². The number of fused-ring (bicyclic) bond motifs is 1. The van der Waals surface area contributed by atoms with Crippen molar-refractivity contribution >= 4 is 22.9 Å². The van der Waals surface area contributed by atoms with E-state index in [1.54, 1.807) is 48.0 Å². The number of ketones is 3. The van der Waals surface area contributed by atoms with Crippen LogP contribution in [0.1, 0.15) is 43.8 Å². The molecule has 1 aliphatic rings. The number of hydrogen-bond donors (Lipinski definition) is 0. The Morgan fingerprint density at radius 1 is 1.00 bits per heavy atom. The highest BCUT2D eigenvalue weighted by molar-refractivity contribution is 6.38. The molecule has 0 atom stereocenters. The highest BCUT2D eigenvalue weighted by Crippen LogP contribution is 2.28. The van der Waals surface area contributed by atoms with Crippen molar-refractivity contribution in [3.8, 4) is 0 Å². The van der Waals surface area contributed by atoms with Crippen molar-refractivity contribution in [3.63, 3.8) is 0 Å². The van der Waals surface area contributed by atoms with Gasteiger partial charge in [-0.1, -0.05) is 24.3 Å². The topological polar surface area (TPSA) is 56.1 Å². The zero-order valence-corrected chi connectivity index (χ0v) is 11.7. The number of nitrogens with zero attached hydrogens (tertiary/aromatic N) is 1. The Bertz CT molecular complexity index is 824. The molecule has 0 N–H and O–H groups in total. The number of Topliss-reactive ketones (excluding diaryl/α,β-unsaturated/α-hetero) is 2. The van der Waals surface area contributed by atoms with Gasteiger partial charge in [0.1, 0.15) is 0 Å². The van der Waals surface area contributed by atoms with Gasteiger partial charge in [0.05, 0.1) is 17.0 Å². The van der Waals surface area contributed by atoms with Crippen molar-refractivity contribution in [1.82, 2.24) is 4.57 Å². The monoisotopic (exact) mass is 279 g/mol. The smallest absolute Gasteiger partial charge is 0.196 e. The molecule has 0 saturated heterocycles. The molecule has 0 bridgehead atoms. The standard InChI is InChI=1S/C17H13NO3/c1-10(19)14-7-8-15(18(14)2)13-9-16(20)11-5-3-4-6-12(11)17(13)21/h3-9H,1-2H3. The number of benzene rings is 1. The summed E-state index contributed by atoms with van der Waals surface area (Å²) < 4.78 is 1.65. The lowest BCUT2D eigenvalue weighted by Gasteiger charge is -2.16. The predicted octanol–water partition coefficient (Wildman–Crippen LogP) is 2.69. The number of carbonyl (C=O) groups excluding carboxylic acids is 3. The first-order valence-corrected chi connectivity index (χ1v) is 6.57. The highest BCUT2D eigenvalue weighted by Gasteiger charge is 2.27. The third-order valence-corrected chi connectivity index (χ3v) is 3.72. The van der Waals surface area contributed by atoms with Gasteiger partial charge in [0, 0.05) is 25.1 Å². The molecule has 104 valence electrons. The third-order valence-electron chi connectivity index (χ3n) is 3.72. The highest BCUT2D eigenvalue weighted by atomic mass is 16.1. The zero-order valence-electron chi connectivity index (χ0n) is 11.7. The Balaban J connectivity index is 2.15. The number of aromatic nitrogens is 1. The number of rotatable bonds is 2. The Hall–Kier alpha value is -2.75. The van der Waals surface area contributed by atoms with Crippen LogP contribution < -0.4 is 0 Å². The molecular formula is C17H13NO3. The van der Waals surface area contributed by atoms with E-state index in [1.807, 2.05) is 0 Å². The van der Waals surface area contributed by atoms with Crippen LogP contribution in [0, 0.1) is 0 Å². The summed E-state index contributed by atoms with van der Waals surface area (Å²) in [5, 5.41) is 0. The zero-order chi connectivity index (χ0) is 15.1. The summed E-state index contributed by atoms with van der Waals surface area (Å²) >= 11 is 0. The van der Waals surface area contributed by atoms with Crippen LogP contribution in [-0.4, -0.2) is 21.9 Å². The van der Waals surface area contributed by atoms with Gasteiger partial charge >= 0.3 is 0 Å². The van der Waals surface area contributed by atoms with E-state index in [1.165, 1.54) is 13.0 Å². The molecule has 3 rings (SSSR count). The summed E-state index contributed by atoms with van der Waals surface area (Å²) in [6, 6.07) is 10.1. The van der Waals surface area contributed by atoms with Crippen LogP contribution in [0.2, 0.25) is 0 Å². The Labute approximate surface area is 121 Å². The fourth-order valence-electron chi connectivity index (χ4n) is 2.64. The maximum Gasteiger partial charge on any atom is 0.196 e. The molecule has 0 spiro atoms. The molecule has 2 aromatic rings. The molecule has 1 aromatic carbocycles. The summed E-state index contributed by atoms with van der Waals surface area (Å²) in [6.07, 6.45) is 1.35. The predicted molar refractivity (Wildman–Crippen MR) is 78.5 cm³/mol. The summed E-state index contributed by atoms with van der Waals surface area (Å²) in [4.78, 5) is 36.3. The van der Waals surface area contributed by atoms with E-state index in [2.05, 4.69) is 0 Å². The van der Waals surface area contributed by atoms with Gasteiger partial charge in [-0.05, 0) is 18.2 Å². The second-order valence-corrected chi connectivity index (χ2v) is 5.02. The molecule has 0 saturated carbocycles. The fourth-order valence-corrected chi connectivity index (χ4v) is 2.64. The minimum absolute atomic E-state index is 0.0839. The maximum atomic E-state index is 12.6. The van der Waals surface area contributed by atoms with Crippen molar-refractivity contribution in [3.05, 3.63) is 65.0 Å². The SMILES string of the molecule is CC(=O)c1ccc(C2=CC(=O)c3ccccc3C2=O)n1C. The average Bonchev–Trinajstić information content (AvgIpc) is 2.85. The molecule has 0 unspecified atom stereocenters. The van der Waals surface area contributed by atoms with Crippen LogP contribution in [0.4, 0.5) is 0 Å². The second-order valence-electron chi connectivity index (χ2n) is 5.02. The molecule has 4 heteroatoms. The van der Waals surface area contributed by atoms with Gasteiger partial charge in [0.2, 0.25) is 0 Å². The van der Waals surface area contributed by atoms with Crippen LogP contribution in [0.15, 0.2) is 42.5 Å². The van der Waals surface area contributed by atoms with E-state index in [-0.39, 0.29) is 17.3 Å². The minimum Gasteiger partial charge on any atom is -0.341 e. The van der Waals surface area contributed by atoms with Gasteiger partial charge < -0.3 is 4.57 Å². The summed E-state index contributed by atoms with van der Waals surface area (Å²) in [7, 11) is 1.71. The molecular weight excluding hydrogens is 266 g/mol. The summed E-state index contributed by atoms with van der Waals surface area (Å²) in [5.41, 5.74) is 2.24. The molecule has 1 aliphatic carbocycles. The van der Waals surface area contributed by atoms with E-state index >= 15 is 0 Å². The molecule has 0 radical (unpaired) electrons. The van der Waals surface area contributed by atoms with Crippen molar-refractivity contribution in [2.24, 2.45) is 7.05 Å². The van der Waals surface area contributed by atoms with Crippen molar-refractivity contribution in [2.75, 3.05) is 0 Å². The van der Waals surface area contributed by atoms with E-state index < -0.39 is 0 Å². The second kappa shape index (κ2) is 4.66. The van der Waals surface area contributed by atoms with Gasteiger partial charge in [-0.15, -0.1) is 0 Å². The van der Waals surface area contributed by atoms with Crippen LogP contribution in [0.3, 0.4) is 0 Å². The number of hydrogen-bond acceptors (Lipinski definition) is 3. The van der Waals surface area contributed by atoms with Crippen LogP contribution in [-0.2, 0) is 7.05 Å². The van der Waals surface area contributed by atoms with Crippen LogP contribution in [0.5, 0.6) is 0 Å². The Morgan fingerprint density at radius 2 is 1.67 bits per heavy atom. The lowest BCUT2D eigenvalue weighted by Crippen LogP contribution is -2.18. The first-order valence-electron chi connectivity index (χ1n) is 6.57. The van der Waals surface area contributed by atoms with Gasteiger partial charge in [0.15, 0.2) is 17.3 Å². The van der Waals surface area contributed by atoms with E-state index in [4.69, 9.17) is 0 Å². The van der Waals surface area contributed by atoms with Gasteiger partial charge in [-0.2, -0.15) is 0 Å². The average molecular weight is 279 g/mol. The normalized spacial score (nSPS) is 13.9. The third kappa shape index (κ3) is 1.96. The Kier molecular flexibility index (Phi) is 2.94. The lowest BCUT2D eigenvalue weighted by molar-refractivity contribution is 0.1000. The molecule has 4 nitrogen and oxygen atoms in total. The van der Waals surface area contributed by atoms with Crippen molar-refractivity contribution < 1.29 is 14.4 Å².